The summed E-state index contributed by atoms with van der Waals surface area (Å²) in [6, 6.07) is -0.0662. The molecule has 17 heavy (non-hydrogen) atoms. The molecule has 0 amide bonds. The Morgan fingerprint density at radius 2 is 2.00 bits per heavy atom. The van der Waals surface area contributed by atoms with Crippen LogP contribution in [0, 0.1) is 5.92 Å². The standard InChI is InChI=1S/C11H20N4O2/c1-7(2)8(5-16)15-11-9(17-4)10(12-3)13-6-14-11/h6-8,16H,5H2,1-4H3,(H2,12,13,14,15). The van der Waals surface area contributed by atoms with E-state index in [-0.39, 0.29) is 18.6 Å². The van der Waals surface area contributed by atoms with Gasteiger partial charge in [0.15, 0.2) is 11.6 Å². The largest absolute Gasteiger partial charge is 0.490 e. The summed E-state index contributed by atoms with van der Waals surface area (Å²) in [5, 5.41) is 15.4. The van der Waals surface area contributed by atoms with Crippen molar-refractivity contribution in [1.29, 1.82) is 0 Å². The summed E-state index contributed by atoms with van der Waals surface area (Å²) >= 11 is 0. The van der Waals surface area contributed by atoms with Gasteiger partial charge in [0.05, 0.1) is 19.8 Å². The number of anilines is 2. The zero-order valence-corrected chi connectivity index (χ0v) is 10.7. The van der Waals surface area contributed by atoms with Crippen molar-refractivity contribution in [2.45, 2.75) is 19.9 Å². The summed E-state index contributed by atoms with van der Waals surface area (Å²) < 4.78 is 5.26. The summed E-state index contributed by atoms with van der Waals surface area (Å²) in [6.45, 7) is 4.10. The Bertz CT molecular complexity index is 357. The molecule has 6 heteroatoms. The number of ether oxygens (including phenoxy) is 1. The normalized spacial score (nSPS) is 12.4. The number of nitrogens with one attached hydrogen (secondary N) is 2. The van der Waals surface area contributed by atoms with Gasteiger partial charge in [-0.3, -0.25) is 0 Å². The lowest BCUT2D eigenvalue weighted by molar-refractivity contribution is 0.248. The summed E-state index contributed by atoms with van der Waals surface area (Å²) in [5.41, 5.74) is 0. The third kappa shape index (κ3) is 3.20. The molecule has 0 aromatic carbocycles. The SMILES string of the molecule is CNc1ncnc(NC(CO)C(C)C)c1OC. The van der Waals surface area contributed by atoms with Crippen LogP contribution in [0.4, 0.5) is 11.6 Å². The zero-order chi connectivity index (χ0) is 12.8. The number of aliphatic hydroxyl groups excluding tert-OH is 1. The van der Waals surface area contributed by atoms with Crippen LogP contribution in [0.5, 0.6) is 5.75 Å². The van der Waals surface area contributed by atoms with Crippen LogP contribution >= 0.6 is 0 Å². The van der Waals surface area contributed by atoms with E-state index in [0.717, 1.165) is 0 Å². The van der Waals surface area contributed by atoms with Gasteiger partial charge in [-0.15, -0.1) is 0 Å². The lowest BCUT2D eigenvalue weighted by Crippen LogP contribution is -2.30. The predicted octanol–water partition coefficient (Wildman–Crippen LogP) is 0.956. The van der Waals surface area contributed by atoms with E-state index in [0.29, 0.717) is 17.4 Å². The van der Waals surface area contributed by atoms with E-state index in [1.165, 1.54) is 6.33 Å². The van der Waals surface area contributed by atoms with Gasteiger partial charge in [0.25, 0.3) is 0 Å². The Hall–Kier alpha value is -1.56. The maximum Gasteiger partial charge on any atom is 0.204 e. The number of rotatable bonds is 6. The van der Waals surface area contributed by atoms with Crippen LogP contribution in [0.2, 0.25) is 0 Å². The third-order valence-corrected chi connectivity index (χ3v) is 2.57. The lowest BCUT2D eigenvalue weighted by Gasteiger charge is -2.22. The van der Waals surface area contributed by atoms with Crippen molar-refractivity contribution in [3.05, 3.63) is 6.33 Å². The molecule has 6 nitrogen and oxygen atoms in total. The Morgan fingerprint density at radius 1 is 1.35 bits per heavy atom. The minimum atomic E-state index is -0.0662. The maximum absolute atomic E-state index is 9.29. The quantitative estimate of drug-likeness (QED) is 0.687. The second-order valence-corrected chi connectivity index (χ2v) is 4.03. The number of aromatic nitrogens is 2. The summed E-state index contributed by atoms with van der Waals surface area (Å²) in [7, 11) is 3.33. The van der Waals surface area contributed by atoms with Crippen molar-refractivity contribution >= 4 is 11.6 Å². The minimum Gasteiger partial charge on any atom is -0.490 e. The average Bonchev–Trinajstić information content (AvgIpc) is 2.34. The van der Waals surface area contributed by atoms with Gasteiger partial charge in [-0.25, -0.2) is 9.97 Å². The highest BCUT2D eigenvalue weighted by Gasteiger charge is 2.17. The van der Waals surface area contributed by atoms with Crippen molar-refractivity contribution in [1.82, 2.24) is 9.97 Å². The van der Waals surface area contributed by atoms with Crippen molar-refractivity contribution in [2.24, 2.45) is 5.92 Å². The van der Waals surface area contributed by atoms with Gasteiger partial charge >= 0.3 is 0 Å². The van der Waals surface area contributed by atoms with Gasteiger partial charge in [-0.1, -0.05) is 13.8 Å². The van der Waals surface area contributed by atoms with Crippen LogP contribution in [-0.2, 0) is 0 Å². The van der Waals surface area contributed by atoms with Crippen molar-refractivity contribution in [3.63, 3.8) is 0 Å². The molecule has 1 heterocycles. The van der Waals surface area contributed by atoms with Crippen LogP contribution in [-0.4, -0.2) is 41.9 Å². The van der Waals surface area contributed by atoms with Gasteiger partial charge in [0.1, 0.15) is 6.33 Å². The number of hydrogen-bond donors (Lipinski definition) is 3. The molecular formula is C11H20N4O2. The molecule has 0 aliphatic rings. The zero-order valence-electron chi connectivity index (χ0n) is 10.7. The Kier molecular flexibility index (Phi) is 4.96. The van der Waals surface area contributed by atoms with E-state index in [1.54, 1.807) is 14.2 Å². The molecule has 0 aliphatic carbocycles. The van der Waals surface area contributed by atoms with Gasteiger partial charge in [0.2, 0.25) is 5.75 Å². The molecule has 1 aromatic rings. The Labute approximate surface area is 101 Å². The molecule has 0 fully saturated rings. The van der Waals surface area contributed by atoms with Crippen molar-refractivity contribution in [3.8, 4) is 5.75 Å². The van der Waals surface area contributed by atoms with Crippen molar-refractivity contribution < 1.29 is 9.84 Å². The molecule has 1 aromatic heterocycles. The molecule has 0 bridgehead atoms. The summed E-state index contributed by atoms with van der Waals surface area (Å²) in [4.78, 5) is 8.19. The van der Waals surface area contributed by atoms with E-state index >= 15 is 0 Å². The monoisotopic (exact) mass is 240 g/mol. The summed E-state index contributed by atoms with van der Waals surface area (Å²) in [6.07, 6.45) is 1.45. The van der Waals surface area contributed by atoms with Crippen LogP contribution in [0.25, 0.3) is 0 Å². The molecule has 0 aliphatic heterocycles. The number of aliphatic hydroxyl groups is 1. The van der Waals surface area contributed by atoms with E-state index in [4.69, 9.17) is 4.74 Å². The van der Waals surface area contributed by atoms with E-state index in [9.17, 15) is 5.11 Å². The minimum absolute atomic E-state index is 0.0414. The molecule has 1 unspecified atom stereocenters. The topological polar surface area (TPSA) is 79.3 Å². The van der Waals surface area contributed by atoms with E-state index < -0.39 is 0 Å². The smallest absolute Gasteiger partial charge is 0.204 e. The number of hydrogen-bond acceptors (Lipinski definition) is 6. The number of nitrogens with zero attached hydrogens (tertiary/aromatic N) is 2. The predicted molar refractivity (Wildman–Crippen MR) is 67.5 cm³/mol. The fraction of sp³-hybridized carbons (Fsp3) is 0.636. The Balaban J connectivity index is 2.97. The number of methoxy groups -OCH3 is 1. The second kappa shape index (κ2) is 6.24. The highest BCUT2D eigenvalue weighted by Crippen LogP contribution is 2.29. The molecular weight excluding hydrogens is 220 g/mol. The van der Waals surface area contributed by atoms with E-state index in [2.05, 4.69) is 20.6 Å². The Morgan fingerprint density at radius 3 is 2.47 bits per heavy atom. The molecule has 96 valence electrons. The van der Waals surface area contributed by atoms with Gasteiger partial charge in [-0.05, 0) is 5.92 Å². The molecule has 0 spiro atoms. The van der Waals surface area contributed by atoms with Gasteiger partial charge < -0.3 is 20.5 Å². The van der Waals surface area contributed by atoms with Gasteiger partial charge in [-0.2, -0.15) is 0 Å². The molecule has 3 N–H and O–H groups in total. The first kappa shape index (κ1) is 13.5. The molecule has 1 rings (SSSR count). The second-order valence-electron chi connectivity index (χ2n) is 4.03. The van der Waals surface area contributed by atoms with Crippen LogP contribution < -0.4 is 15.4 Å². The first-order valence-electron chi connectivity index (χ1n) is 5.58. The summed E-state index contributed by atoms with van der Waals surface area (Å²) in [5.74, 6) is 2.04. The molecule has 0 saturated carbocycles. The van der Waals surface area contributed by atoms with Crippen molar-refractivity contribution in [2.75, 3.05) is 31.4 Å². The van der Waals surface area contributed by atoms with Crippen LogP contribution in [0.3, 0.4) is 0 Å². The fourth-order valence-electron chi connectivity index (χ4n) is 1.45. The average molecular weight is 240 g/mol. The van der Waals surface area contributed by atoms with Gasteiger partial charge in [0, 0.05) is 7.05 Å². The highest BCUT2D eigenvalue weighted by atomic mass is 16.5. The molecule has 0 saturated heterocycles. The van der Waals surface area contributed by atoms with Crippen LogP contribution in [0.1, 0.15) is 13.8 Å². The first-order chi connectivity index (χ1) is 8.13. The molecule has 1 atom stereocenters. The fourth-order valence-corrected chi connectivity index (χ4v) is 1.45. The molecule has 0 radical (unpaired) electrons. The maximum atomic E-state index is 9.29. The van der Waals surface area contributed by atoms with Crippen LogP contribution in [0.15, 0.2) is 6.33 Å². The first-order valence-corrected chi connectivity index (χ1v) is 5.58. The lowest BCUT2D eigenvalue weighted by atomic mass is 10.1. The third-order valence-electron chi connectivity index (χ3n) is 2.57. The highest BCUT2D eigenvalue weighted by molar-refractivity contribution is 5.63. The van der Waals surface area contributed by atoms with E-state index in [1.807, 2.05) is 13.8 Å².